The maximum absolute atomic E-state index is 12.0. The molecule has 106 valence electrons. The predicted octanol–water partition coefficient (Wildman–Crippen LogP) is 2.70. The van der Waals surface area contributed by atoms with Crippen molar-refractivity contribution in [1.82, 2.24) is 0 Å². The molecule has 8 heteroatoms. The topological polar surface area (TPSA) is 56.5 Å². The number of alkyl halides is 3. The number of hydrogen-bond acceptors (Lipinski definition) is 5. The summed E-state index contributed by atoms with van der Waals surface area (Å²) in [6.45, 7) is 1.07. The zero-order valence-corrected chi connectivity index (χ0v) is 10.7. The van der Waals surface area contributed by atoms with Crippen LogP contribution in [-0.4, -0.2) is 31.0 Å². The van der Waals surface area contributed by atoms with Crippen LogP contribution < -0.4 is 20.5 Å². The fraction of sp³-hybridized carbons (Fsp3) is 0.455. The number of benzene rings is 1. The molecule has 0 fully saturated rings. The van der Waals surface area contributed by atoms with Crippen molar-refractivity contribution in [3.05, 3.63) is 12.1 Å². The van der Waals surface area contributed by atoms with E-state index in [0.29, 0.717) is 36.1 Å². The summed E-state index contributed by atoms with van der Waals surface area (Å²) < 4.78 is 46.6. The van der Waals surface area contributed by atoms with E-state index in [1.165, 1.54) is 0 Å². The summed E-state index contributed by atoms with van der Waals surface area (Å²) in [5.41, 5.74) is 2.54. The molecule has 0 unspecified atom stereocenters. The quantitative estimate of drug-likeness (QED) is 0.660. The first-order valence-electron chi connectivity index (χ1n) is 5.59. The van der Waals surface area contributed by atoms with Crippen LogP contribution in [0.25, 0.3) is 0 Å². The van der Waals surface area contributed by atoms with Crippen LogP contribution in [0.15, 0.2) is 12.1 Å². The van der Waals surface area contributed by atoms with E-state index in [1.54, 1.807) is 12.1 Å². The van der Waals surface area contributed by atoms with Crippen molar-refractivity contribution in [3.8, 4) is 11.5 Å². The fourth-order valence-electron chi connectivity index (χ4n) is 1.61. The Bertz CT molecular complexity index is 454. The molecule has 0 saturated heterocycles. The fourth-order valence-corrected chi connectivity index (χ4v) is 2.05. The molecule has 1 aliphatic heterocycles. The van der Waals surface area contributed by atoms with Gasteiger partial charge < -0.3 is 20.5 Å². The Balaban J connectivity index is 1.93. The van der Waals surface area contributed by atoms with Crippen molar-refractivity contribution in [2.24, 2.45) is 0 Å². The number of halogens is 3. The van der Waals surface area contributed by atoms with E-state index in [-0.39, 0.29) is 24.1 Å². The molecular formula is C11H13F3N2O2S. The second-order valence-corrected chi connectivity index (χ2v) is 4.96. The van der Waals surface area contributed by atoms with Gasteiger partial charge in [0.2, 0.25) is 0 Å². The molecule has 1 aromatic carbocycles. The van der Waals surface area contributed by atoms with Gasteiger partial charge in [0, 0.05) is 24.4 Å². The zero-order chi connectivity index (χ0) is 13.9. The number of rotatable bonds is 4. The third-order valence-electron chi connectivity index (χ3n) is 2.40. The van der Waals surface area contributed by atoms with Crippen LogP contribution in [0.5, 0.6) is 11.5 Å². The number of hydrogen-bond donors (Lipinski definition) is 2. The highest BCUT2D eigenvalue weighted by Gasteiger charge is 2.27. The maximum Gasteiger partial charge on any atom is 0.441 e. The normalized spacial score (nSPS) is 14.3. The van der Waals surface area contributed by atoms with E-state index in [0.717, 1.165) is 0 Å². The van der Waals surface area contributed by atoms with Gasteiger partial charge >= 0.3 is 5.51 Å². The van der Waals surface area contributed by atoms with Crippen molar-refractivity contribution >= 4 is 23.1 Å². The molecule has 1 aliphatic rings. The van der Waals surface area contributed by atoms with Gasteiger partial charge in [0.15, 0.2) is 11.5 Å². The second-order valence-electron chi connectivity index (χ2n) is 3.80. The van der Waals surface area contributed by atoms with Gasteiger partial charge in [-0.2, -0.15) is 13.2 Å². The molecule has 4 nitrogen and oxygen atoms in total. The number of anilines is 2. The average molecular weight is 294 g/mol. The van der Waals surface area contributed by atoms with Crippen molar-refractivity contribution in [1.29, 1.82) is 0 Å². The summed E-state index contributed by atoms with van der Waals surface area (Å²) in [5.74, 6) is 1.02. The van der Waals surface area contributed by atoms with Gasteiger partial charge in [0.1, 0.15) is 13.2 Å². The maximum atomic E-state index is 12.0. The summed E-state index contributed by atoms with van der Waals surface area (Å²) in [4.78, 5) is 0. The molecule has 2 rings (SSSR count). The minimum absolute atomic E-state index is 0.0718. The Morgan fingerprint density at radius 1 is 1.21 bits per heavy atom. The molecule has 0 atom stereocenters. The van der Waals surface area contributed by atoms with Crippen LogP contribution in [0.4, 0.5) is 24.5 Å². The third-order valence-corrected chi connectivity index (χ3v) is 3.13. The lowest BCUT2D eigenvalue weighted by Crippen LogP contribution is -2.16. The molecule has 0 aliphatic carbocycles. The monoisotopic (exact) mass is 294 g/mol. The second kappa shape index (κ2) is 5.68. The van der Waals surface area contributed by atoms with Gasteiger partial charge in [-0.25, -0.2) is 0 Å². The first-order valence-corrected chi connectivity index (χ1v) is 6.58. The van der Waals surface area contributed by atoms with E-state index in [1.807, 2.05) is 0 Å². The highest BCUT2D eigenvalue weighted by Crippen LogP contribution is 2.37. The van der Waals surface area contributed by atoms with E-state index in [9.17, 15) is 13.2 Å². The van der Waals surface area contributed by atoms with Crippen LogP contribution in [0.3, 0.4) is 0 Å². The minimum Gasteiger partial charge on any atom is -0.486 e. The Kier molecular flexibility index (Phi) is 4.18. The number of ether oxygens (including phenoxy) is 2. The molecular weight excluding hydrogens is 281 g/mol. The molecule has 0 aromatic heterocycles. The lowest BCUT2D eigenvalue weighted by atomic mass is 10.2. The Labute approximate surface area is 112 Å². The van der Waals surface area contributed by atoms with Crippen LogP contribution in [-0.2, 0) is 0 Å². The number of fused-ring (bicyclic) bond motifs is 1. The van der Waals surface area contributed by atoms with Gasteiger partial charge in [0.05, 0.1) is 11.4 Å². The van der Waals surface area contributed by atoms with E-state index >= 15 is 0 Å². The highest BCUT2D eigenvalue weighted by atomic mass is 32.2. The van der Waals surface area contributed by atoms with E-state index in [2.05, 4.69) is 5.32 Å². The standard InChI is InChI=1S/C11H13F3N2O2S/c12-11(13,14)19-4-1-16-8-6-10-9(5-7(8)15)17-2-3-18-10/h5-6,16H,1-4,15H2. The van der Waals surface area contributed by atoms with Crippen molar-refractivity contribution in [2.45, 2.75) is 5.51 Å². The van der Waals surface area contributed by atoms with Crippen LogP contribution in [0.1, 0.15) is 0 Å². The highest BCUT2D eigenvalue weighted by molar-refractivity contribution is 8.00. The molecule has 1 heterocycles. The van der Waals surface area contributed by atoms with Crippen molar-refractivity contribution in [3.63, 3.8) is 0 Å². The summed E-state index contributed by atoms with van der Waals surface area (Å²) >= 11 is -0.0718. The number of nitrogens with two attached hydrogens (primary N) is 1. The molecule has 19 heavy (non-hydrogen) atoms. The van der Waals surface area contributed by atoms with Gasteiger partial charge in [0.25, 0.3) is 0 Å². The van der Waals surface area contributed by atoms with Crippen molar-refractivity contribution < 1.29 is 22.6 Å². The Morgan fingerprint density at radius 2 is 1.84 bits per heavy atom. The number of nitrogens with one attached hydrogen (secondary N) is 1. The predicted molar refractivity (Wildman–Crippen MR) is 68.8 cm³/mol. The van der Waals surface area contributed by atoms with Crippen LogP contribution in [0.2, 0.25) is 0 Å². The number of thioether (sulfide) groups is 1. The minimum atomic E-state index is -4.21. The molecule has 0 radical (unpaired) electrons. The summed E-state index contributed by atoms with van der Waals surface area (Å²) in [6.07, 6.45) is 0. The molecule has 3 N–H and O–H groups in total. The number of nitrogen functional groups attached to an aromatic ring is 1. The van der Waals surface area contributed by atoms with Crippen LogP contribution in [0, 0.1) is 0 Å². The lowest BCUT2D eigenvalue weighted by molar-refractivity contribution is -0.0327. The van der Waals surface area contributed by atoms with Crippen LogP contribution >= 0.6 is 11.8 Å². The van der Waals surface area contributed by atoms with Gasteiger partial charge in [-0.15, -0.1) is 0 Å². The first-order chi connectivity index (χ1) is 8.96. The summed E-state index contributed by atoms with van der Waals surface area (Å²) in [7, 11) is 0. The molecule has 0 saturated carbocycles. The zero-order valence-electron chi connectivity index (χ0n) is 9.92. The van der Waals surface area contributed by atoms with Gasteiger partial charge in [-0.05, 0) is 11.8 Å². The molecule has 1 aromatic rings. The van der Waals surface area contributed by atoms with Crippen molar-refractivity contribution in [2.75, 3.05) is 36.6 Å². The molecule has 0 spiro atoms. The smallest absolute Gasteiger partial charge is 0.441 e. The van der Waals surface area contributed by atoms with E-state index < -0.39 is 5.51 Å². The molecule has 0 bridgehead atoms. The Morgan fingerprint density at radius 3 is 2.47 bits per heavy atom. The lowest BCUT2D eigenvalue weighted by Gasteiger charge is -2.20. The molecule has 0 amide bonds. The van der Waals surface area contributed by atoms with E-state index in [4.69, 9.17) is 15.2 Å². The first kappa shape index (κ1) is 14.0. The van der Waals surface area contributed by atoms with Gasteiger partial charge in [-0.3, -0.25) is 0 Å². The third kappa shape index (κ3) is 4.02. The SMILES string of the molecule is Nc1cc2c(cc1NCCSC(F)(F)F)OCCO2. The summed E-state index contributed by atoms with van der Waals surface area (Å²) in [6, 6.07) is 3.25. The average Bonchev–Trinajstić information content (AvgIpc) is 2.33. The Hall–Kier alpha value is -1.44. The summed E-state index contributed by atoms with van der Waals surface area (Å²) in [5, 5.41) is 2.85. The van der Waals surface area contributed by atoms with Gasteiger partial charge in [-0.1, -0.05) is 0 Å². The largest absolute Gasteiger partial charge is 0.486 e.